The zero-order chi connectivity index (χ0) is 20.8. The van der Waals surface area contributed by atoms with Crippen molar-refractivity contribution in [2.24, 2.45) is 7.05 Å². The van der Waals surface area contributed by atoms with Gasteiger partial charge in [0.2, 0.25) is 0 Å². The van der Waals surface area contributed by atoms with E-state index in [4.69, 9.17) is 5.11 Å². The third-order valence-electron chi connectivity index (χ3n) is 5.99. The molecule has 0 spiro atoms. The Morgan fingerprint density at radius 3 is 2.55 bits per heavy atom. The first-order valence-electron chi connectivity index (χ1n) is 10.0. The number of nitrogens with zero attached hydrogens (tertiary/aromatic N) is 2. The van der Waals surface area contributed by atoms with Gasteiger partial charge in [-0.2, -0.15) is 0 Å². The van der Waals surface area contributed by atoms with E-state index in [9.17, 15) is 9.18 Å². The molecule has 0 atom stereocenters. The van der Waals surface area contributed by atoms with Gasteiger partial charge in [-0.25, -0.2) is 4.39 Å². The maximum Gasteiger partial charge on any atom is 0.255 e. The lowest BCUT2D eigenvalue weighted by Crippen LogP contribution is -2.24. The van der Waals surface area contributed by atoms with E-state index in [2.05, 4.69) is 23.0 Å². The fraction of sp³-hybridized carbons (Fsp3) is 0.296. The van der Waals surface area contributed by atoms with Gasteiger partial charge < -0.3 is 15.0 Å². The van der Waals surface area contributed by atoms with Gasteiger partial charge in [0.15, 0.2) is 0 Å². The van der Waals surface area contributed by atoms with E-state index in [0.717, 1.165) is 30.7 Å². The van der Waals surface area contributed by atoms with Crippen molar-refractivity contribution in [3.8, 4) is 16.8 Å². The number of hydrogen-bond acceptors (Lipinski definition) is 3. The average Bonchev–Trinajstić information content (AvgIpc) is 3.05. The standard InChI is InChI=1S/C24H22FN3O2.3CH4/c1-27-22-12-17(3-5-19(22)20-6-8-26-13-23(20)27)28-9-7-16(11-24(28)30)18-4-2-15(14-29)10-21(18)25;;;/h2-5,7,9-12,26,29H,6,8,13-14H2,1H3;3*1H4. The highest BCUT2D eigenvalue weighted by atomic mass is 19.1. The van der Waals surface area contributed by atoms with Crippen LogP contribution in [0.5, 0.6) is 0 Å². The SMILES string of the molecule is C.C.C.Cn1c2c(c3ccc(-n4ccc(-c5ccc(CO)cc5F)cc4=O)cc31)CCNC2. The summed E-state index contributed by atoms with van der Waals surface area (Å²) < 4.78 is 18.2. The van der Waals surface area contributed by atoms with E-state index in [1.165, 1.54) is 28.8 Å². The summed E-state index contributed by atoms with van der Waals surface area (Å²) in [5.74, 6) is -0.455. The van der Waals surface area contributed by atoms with Crippen LogP contribution < -0.4 is 10.9 Å². The molecule has 3 heterocycles. The molecule has 2 N–H and O–H groups in total. The number of aromatic nitrogens is 2. The zero-order valence-electron chi connectivity index (χ0n) is 16.7. The van der Waals surface area contributed by atoms with Gasteiger partial charge in [0.25, 0.3) is 5.56 Å². The summed E-state index contributed by atoms with van der Waals surface area (Å²) in [6.45, 7) is 1.61. The normalized spacial score (nSPS) is 12.3. The van der Waals surface area contributed by atoms with E-state index in [1.807, 2.05) is 12.1 Å². The molecule has 1 aliphatic heterocycles. The van der Waals surface area contributed by atoms with Crippen LogP contribution >= 0.6 is 0 Å². The molecule has 0 bridgehead atoms. The molecule has 0 aliphatic carbocycles. The number of aliphatic hydroxyl groups excluding tert-OH is 1. The van der Waals surface area contributed by atoms with E-state index >= 15 is 0 Å². The van der Waals surface area contributed by atoms with E-state index in [-0.39, 0.29) is 34.4 Å². The Morgan fingerprint density at radius 2 is 1.85 bits per heavy atom. The number of nitrogens with one attached hydrogen (secondary N) is 1. The van der Waals surface area contributed by atoms with Crippen LogP contribution in [0.25, 0.3) is 27.7 Å². The molecule has 4 aromatic rings. The number of pyridine rings is 1. The van der Waals surface area contributed by atoms with Crippen LogP contribution in [0.2, 0.25) is 0 Å². The van der Waals surface area contributed by atoms with Gasteiger partial charge in [0.05, 0.1) is 17.8 Å². The smallest absolute Gasteiger partial charge is 0.255 e. The Morgan fingerprint density at radius 1 is 1.06 bits per heavy atom. The van der Waals surface area contributed by atoms with Crippen LogP contribution in [-0.4, -0.2) is 20.8 Å². The topological polar surface area (TPSA) is 59.2 Å². The number of aryl methyl sites for hydroxylation is 1. The van der Waals surface area contributed by atoms with Gasteiger partial charge in [-0.15, -0.1) is 0 Å². The van der Waals surface area contributed by atoms with Crippen molar-refractivity contribution in [1.82, 2.24) is 14.5 Å². The number of aliphatic hydroxyl groups is 1. The van der Waals surface area contributed by atoms with Crippen molar-refractivity contribution in [3.05, 3.63) is 87.7 Å². The zero-order valence-corrected chi connectivity index (χ0v) is 16.7. The summed E-state index contributed by atoms with van der Waals surface area (Å²) in [4.78, 5) is 12.8. The molecule has 5 nitrogen and oxygen atoms in total. The maximum atomic E-state index is 14.4. The molecular weight excluding hydrogens is 417 g/mol. The summed E-state index contributed by atoms with van der Waals surface area (Å²) in [7, 11) is 2.06. The molecule has 2 aromatic carbocycles. The second-order valence-electron chi connectivity index (χ2n) is 7.71. The molecule has 5 rings (SSSR count). The van der Waals surface area contributed by atoms with Crippen molar-refractivity contribution in [1.29, 1.82) is 0 Å². The number of benzene rings is 2. The second kappa shape index (κ2) is 10.1. The molecule has 33 heavy (non-hydrogen) atoms. The lowest BCUT2D eigenvalue weighted by Gasteiger charge is -2.14. The molecule has 0 amide bonds. The molecule has 0 unspecified atom stereocenters. The number of halogens is 1. The Hall–Kier alpha value is -3.22. The van der Waals surface area contributed by atoms with Crippen molar-refractivity contribution in [3.63, 3.8) is 0 Å². The van der Waals surface area contributed by atoms with Crippen LogP contribution in [-0.2, 0) is 26.6 Å². The highest BCUT2D eigenvalue weighted by Gasteiger charge is 2.18. The highest BCUT2D eigenvalue weighted by molar-refractivity contribution is 5.87. The fourth-order valence-electron chi connectivity index (χ4n) is 4.38. The van der Waals surface area contributed by atoms with Crippen molar-refractivity contribution in [2.45, 2.75) is 41.9 Å². The number of rotatable bonds is 3. The van der Waals surface area contributed by atoms with Crippen LogP contribution in [0.15, 0.2) is 59.5 Å². The average molecular weight is 452 g/mol. The quantitative estimate of drug-likeness (QED) is 0.451. The Balaban J connectivity index is 0.00000128. The fourth-order valence-corrected chi connectivity index (χ4v) is 4.38. The van der Waals surface area contributed by atoms with Gasteiger partial charge in [-0.05, 0) is 53.9 Å². The van der Waals surface area contributed by atoms with Gasteiger partial charge in [-0.3, -0.25) is 9.36 Å². The Labute approximate surface area is 195 Å². The summed E-state index contributed by atoms with van der Waals surface area (Å²) >= 11 is 0. The molecule has 0 radical (unpaired) electrons. The minimum Gasteiger partial charge on any atom is -0.392 e. The lowest BCUT2D eigenvalue weighted by molar-refractivity contribution is 0.281. The van der Waals surface area contributed by atoms with Crippen LogP contribution in [0.4, 0.5) is 4.39 Å². The molecule has 0 fully saturated rings. The van der Waals surface area contributed by atoms with E-state index < -0.39 is 5.82 Å². The van der Waals surface area contributed by atoms with Crippen LogP contribution in [0.3, 0.4) is 0 Å². The first-order valence-corrected chi connectivity index (χ1v) is 10.0. The van der Waals surface area contributed by atoms with Crippen LogP contribution in [0, 0.1) is 5.82 Å². The van der Waals surface area contributed by atoms with Gasteiger partial charge >= 0.3 is 0 Å². The molecule has 1 aliphatic rings. The summed E-state index contributed by atoms with van der Waals surface area (Å²) in [5.41, 5.74) is 5.68. The third kappa shape index (κ3) is 4.36. The monoisotopic (exact) mass is 451 g/mol. The molecule has 6 heteroatoms. The van der Waals surface area contributed by atoms with Crippen molar-refractivity contribution in [2.75, 3.05) is 6.54 Å². The van der Waals surface area contributed by atoms with Gasteiger partial charge in [0.1, 0.15) is 5.82 Å². The largest absolute Gasteiger partial charge is 0.392 e. The maximum absolute atomic E-state index is 14.4. The van der Waals surface area contributed by atoms with Gasteiger partial charge in [-0.1, -0.05) is 40.5 Å². The van der Waals surface area contributed by atoms with Crippen molar-refractivity contribution < 1.29 is 9.50 Å². The second-order valence-corrected chi connectivity index (χ2v) is 7.71. The molecule has 176 valence electrons. The lowest BCUT2D eigenvalue weighted by atomic mass is 10.0. The Kier molecular flexibility index (Phi) is 8.01. The highest BCUT2D eigenvalue weighted by Crippen LogP contribution is 2.29. The van der Waals surface area contributed by atoms with Crippen LogP contribution in [0.1, 0.15) is 39.1 Å². The molecule has 2 aromatic heterocycles. The molecule has 0 saturated carbocycles. The minimum absolute atomic E-state index is 0. The van der Waals surface area contributed by atoms with E-state index in [1.54, 1.807) is 29.0 Å². The summed E-state index contributed by atoms with van der Waals surface area (Å²) in [6.07, 6.45) is 2.68. The summed E-state index contributed by atoms with van der Waals surface area (Å²) in [6, 6.07) is 13.8. The number of fused-ring (bicyclic) bond motifs is 3. The van der Waals surface area contributed by atoms with Gasteiger partial charge in [0, 0.05) is 42.5 Å². The first kappa shape index (κ1) is 26.0. The summed E-state index contributed by atoms with van der Waals surface area (Å²) in [5, 5.41) is 13.8. The van der Waals surface area contributed by atoms with E-state index in [0.29, 0.717) is 16.7 Å². The first-order chi connectivity index (χ1) is 14.6. The predicted molar refractivity (Wildman–Crippen MR) is 135 cm³/mol. The Bertz CT molecular complexity index is 1340. The third-order valence-corrected chi connectivity index (χ3v) is 5.99. The number of hydrogen-bond donors (Lipinski definition) is 2. The predicted octanol–water partition coefficient (Wildman–Crippen LogP) is 5.18. The molecule has 0 saturated heterocycles. The minimum atomic E-state index is -0.455. The molecular formula is C27H34FN3O2. The van der Waals surface area contributed by atoms with Crippen molar-refractivity contribution >= 4 is 10.9 Å².